The number of amides is 1. The number of methoxy groups -OCH3 is 1. The van der Waals surface area contributed by atoms with Crippen LogP contribution in [-0.4, -0.2) is 46.0 Å². The summed E-state index contributed by atoms with van der Waals surface area (Å²) in [6.07, 6.45) is 5.13. The van der Waals surface area contributed by atoms with Crippen molar-refractivity contribution in [2.75, 3.05) is 25.5 Å². The number of carbonyl (C=O) groups excluding carboxylic acids is 1. The maximum absolute atomic E-state index is 14.1. The molecule has 4 rings (SSSR count). The lowest BCUT2D eigenvalue weighted by atomic mass is 9.97. The molecular formula is C24H26FN5O2. The van der Waals surface area contributed by atoms with Crippen LogP contribution in [0.3, 0.4) is 0 Å². The topological polar surface area (TPSA) is 80.2 Å². The van der Waals surface area contributed by atoms with Crippen LogP contribution in [-0.2, 0) is 4.79 Å². The largest absolute Gasteiger partial charge is 0.495 e. The SMILES string of the molecule is COc1cncc(-c2cc(Nc3ccc(C)c(F)c3)nc(C3CCCN(C(C)=O)C3)n2)c1. The Kier molecular flexibility index (Phi) is 6.30. The minimum Gasteiger partial charge on any atom is -0.495 e. The summed E-state index contributed by atoms with van der Waals surface area (Å²) >= 11 is 0. The molecule has 1 saturated heterocycles. The number of aromatic nitrogens is 3. The maximum atomic E-state index is 14.1. The number of carbonyl (C=O) groups is 1. The zero-order valence-corrected chi connectivity index (χ0v) is 18.4. The van der Waals surface area contributed by atoms with Crippen LogP contribution in [0.15, 0.2) is 42.7 Å². The molecule has 1 unspecified atom stereocenters. The van der Waals surface area contributed by atoms with E-state index >= 15 is 0 Å². The number of hydrogen-bond donors (Lipinski definition) is 1. The third-order valence-corrected chi connectivity index (χ3v) is 5.66. The van der Waals surface area contributed by atoms with Gasteiger partial charge in [0.05, 0.1) is 19.0 Å². The van der Waals surface area contributed by atoms with Gasteiger partial charge in [0, 0.05) is 49.4 Å². The Balaban J connectivity index is 1.73. The Morgan fingerprint density at radius 3 is 2.81 bits per heavy atom. The van der Waals surface area contributed by atoms with Crippen molar-refractivity contribution in [1.82, 2.24) is 19.9 Å². The number of rotatable bonds is 5. The second-order valence-corrected chi connectivity index (χ2v) is 8.00. The van der Waals surface area contributed by atoms with Crippen LogP contribution >= 0.6 is 0 Å². The Morgan fingerprint density at radius 2 is 2.06 bits per heavy atom. The molecule has 1 aliphatic heterocycles. The molecule has 1 fully saturated rings. The molecule has 32 heavy (non-hydrogen) atoms. The average Bonchev–Trinajstić information content (AvgIpc) is 2.81. The van der Waals surface area contributed by atoms with E-state index < -0.39 is 0 Å². The summed E-state index contributed by atoms with van der Waals surface area (Å²) in [6, 6.07) is 8.64. The van der Waals surface area contributed by atoms with Gasteiger partial charge >= 0.3 is 0 Å². The Morgan fingerprint density at radius 1 is 1.22 bits per heavy atom. The molecule has 0 radical (unpaired) electrons. The number of anilines is 2. The minimum atomic E-state index is -0.286. The van der Waals surface area contributed by atoms with Gasteiger partial charge in [0.1, 0.15) is 23.2 Å². The number of ether oxygens (including phenoxy) is 1. The van der Waals surface area contributed by atoms with Crippen molar-refractivity contribution in [3.8, 4) is 17.0 Å². The summed E-state index contributed by atoms with van der Waals surface area (Å²) in [5.41, 5.74) is 2.64. The zero-order valence-electron chi connectivity index (χ0n) is 18.4. The smallest absolute Gasteiger partial charge is 0.219 e. The molecule has 3 aromatic rings. The molecule has 7 nitrogen and oxygen atoms in total. The highest BCUT2D eigenvalue weighted by atomic mass is 19.1. The Hall–Kier alpha value is -3.55. The number of benzene rings is 1. The van der Waals surface area contributed by atoms with E-state index in [0.717, 1.165) is 24.9 Å². The molecular weight excluding hydrogens is 409 g/mol. The standard InChI is InChI=1S/C24H26FN5O2/c1-15-6-7-19(10-21(15)25)27-23-11-22(18-9-20(32-3)13-26-12-18)28-24(29-23)17-5-4-8-30(14-17)16(2)31/h6-7,9-13,17H,4-5,8,14H2,1-3H3,(H,27,28,29). The van der Waals surface area contributed by atoms with E-state index in [1.807, 2.05) is 23.1 Å². The number of piperidine rings is 1. The normalized spacial score (nSPS) is 16.0. The fourth-order valence-corrected chi connectivity index (χ4v) is 3.82. The lowest BCUT2D eigenvalue weighted by Crippen LogP contribution is -2.38. The van der Waals surface area contributed by atoms with Crippen LogP contribution in [0.25, 0.3) is 11.3 Å². The molecule has 1 aromatic carbocycles. The molecule has 1 N–H and O–H groups in total. The molecule has 0 saturated carbocycles. The van der Waals surface area contributed by atoms with E-state index in [1.54, 1.807) is 39.4 Å². The first-order valence-corrected chi connectivity index (χ1v) is 10.6. The number of nitrogens with zero attached hydrogens (tertiary/aromatic N) is 4. The second kappa shape index (κ2) is 9.30. The lowest BCUT2D eigenvalue weighted by molar-refractivity contribution is -0.130. The van der Waals surface area contributed by atoms with E-state index in [2.05, 4.69) is 10.3 Å². The van der Waals surface area contributed by atoms with E-state index in [4.69, 9.17) is 14.7 Å². The lowest BCUT2D eigenvalue weighted by Gasteiger charge is -2.31. The summed E-state index contributed by atoms with van der Waals surface area (Å²) in [4.78, 5) is 27.5. The van der Waals surface area contributed by atoms with Crippen molar-refractivity contribution < 1.29 is 13.9 Å². The molecule has 3 heterocycles. The summed E-state index contributed by atoms with van der Waals surface area (Å²) in [5.74, 6) is 1.60. The van der Waals surface area contributed by atoms with E-state index in [9.17, 15) is 9.18 Å². The van der Waals surface area contributed by atoms with Crippen molar-refractivity contribution >= 4 is 17.4 Å². The summed E-state index contributed by atoms with van der Waals surface area (Å²) < 4.78 is 19.4. The third kappa shape index (κ3) is 4.85. The minimum absolute atomic E-state index is 0.0153. The Labute approximate surface area is 186 Å². The molecule has 1 atom stereocenters. The Bertz CT molecular complexity index is 1140. The van der Waals surface area contributed by atoms with Gasteiger partial charge in [-0.25, -0.2) is 14.4 Å². The molecule has 0 aliphatic carbocycles. The van der Waals surface area contributed by atoms with Crippen molar-refractivity contribution in [2.24, 2.45) is 0 Å². The van der Waals surface area contributed by atoms with Crippen LogP contribution in [0, 0.1) is 12.7 Å². The second-order valence-electron chi connectivity index (χ2n) is 8.00. The monoisotopic (exact) mass is 435 g/mol. The fourth-order valence-electron chi connectivity index (χ4n) is 3.82. The molecule has 1 aliphatic rings. The van der Waals surface area contributed by atoms with Crippen molar-refractivity contribution in [2.45, 2.75) is 32.6 Å². The average molecular weight is 436 g/mol. The summed E-state index contributed by atoms with van der Waals surface area (Å²) in [6.45, 7) is 4.63. The van der Waals surface area contributed by atoms with Crippen LogP contribution in [0.5, 0.6) is 5.75 Å². The number of pyridine rings is 1. The first-order valence-electron chi connectivity index (χ1n) is 10.6. The third-order valence-electron chi connectivity index (χ3n) is 5.66. The predicted molar refractivity (Wildman–Crippen MR) is 120 cm³/mol. The van der Waals surface area contributed by atoms with Crippen LogP contribution in [0.1, 0.15) is 37.1 Å². The van der Waals surface area contributed by atoms with Gasteiger partial charge in [-0.1, -0.05) is 6.07 Å². The van der Waals surface area contributed by atoms with Gasteiger partial charge < -0.3 is 15.0 Å². The first-order chi connectivity index (χ1) is 15.4. The highest BCUT2D eigenvalue weighted by Crippen LogP contribution is 2.30. The summed E-state index contributed by atoms with van der Waals surface area (Å²) in [5, 5.41) is 3.20. The number of likely N-dealkylation sites (tertiary alicyclic amines) is 1. The molecule has 166 valence electrons. The van der Waals surface area contributed by atoms with Crippen LogP contribution in [0.4, 0.5) is 15.9 Å². The van der Waals surface area contributed by atoms with E-state index in [0.29, 0.717) is 40.9 Å². The van der Waals surface area contributed by atoms with Crippen molar-refractivity contribution in [3.63, 3.8) is 0 Å². The van der Waals surface area contributed by atoms with Gasteiger partial charge in [0.2, 0.25) is 5.91 Å². The zero-order chi connectivity index (χ0) is 22.7. The van der Waals surface area contributed by atoms with E-state index in [1.165, 1.54) is 6.07 Å². The van der Waals surface area contributed by atoms with Gasteiger partial charge in [-0.3, -0.25) is 9.78 Å². The molecule has 2 aromatic heterocycles. The number of halogens is 1. The van der Waals surface area contributed by atoms with Crippen LogP contribution in [0.2, 0.25) is 0 Å². The van der Waals surface area contributed by atoms with Crippen molar-refractivity contribution in [3.05, 3.63) is 59.9 Å². The molecule has 0 spiro atoms. The number of aryl methyl sites for hydroxylation is 1. The summed E-state index contributed by atoms with van der Waals surface area (Å²) in [7, 11) is 1.59. The molecule has 8 heteroatoms. The number of hydrogen-bond acceptors (Lipinski definition) is 6. The van der Waals surface area contributed by atoms with Gasteiger partial charge in [0.15, 0.2) is 0 Å². The van der Waals surface area contributed by atoms with Crippen molar-refractivity contribution in [1.29, 1.82) is 0 Å². The van der Waals surface area contributed by atoms with Gasteiger partial charge in [-0.2, -0.15) is 0 Å². The van der Waals surface area contributed by atoms with E-state index in [-0.39, 0.29) is 17.6 Å². The molecule has 0 bridgehead atoms. The van der Waals surface area contributed by atoms with Crippen LogP contribution < -0.4 is 10.1 Å². The number of nitrogens with one attached hydrogen (secondary N) is 1. The highest BCUT2D eigenvalue weighted by molar-refractivity contribution is 5.73. The van der Waals surface area contributed by atoms with Gasteiger partial charge in [-0.15, -0.1) is 0 Å². The quantitative estimate of drug-likeness (QED) is 0.637. The maximum Gasteiger partial charge on any atom is 0.219 e. The highest BCUT2D eigenvalue weighted by Gasteiger charge is 2.26. The fraction of sp³-hybridized carbons (Fsp3) is 0.333. The molecule has 1 amide bonds. The predicted octanol–water partition coefficient (Wildman–Crippen LogP) is 4.46. The van der Waals surface area contributed by atoms with Gasteiger partial charge in [-0.05, 0) is 43.5 Å². The first kappa shape index (κ1) is 21.7. The van der Waals surface area contributed by atoms with Gasteiger partial charge in [0.25, 0.3) is 0 Å².